The van der Waals surface area contributed by atoms with Gasteiger partial charge in [-0.25, -0.2) is 9.31 Å². The summed E-state index contributed by atoms with van der Waals surface area (Å²) in [6, 6.07) is 5.95. The molecular formula is C11H7N3O3. The standard InChI is InChI=1S/C11H7N3O3/c15-9-3-4-14-10(12-9)7-5-6(11(16)17)1-2-8(7)13-14/h1-5H,(H,12,15)(H,16,17). The Morgan fingerprint density at radius 3 is 2.94 bits per heavy atom. The highest BCUT2D eigenvalue weighted by atomic mass is 16.4. The quantitative estimate of drug-likeness (QED) is 0.648. The Morgan fingerprint density at radius 2 is 2.18 bits per heavy atom. The summed E-state index contributed by atoms with van der Waals surface area (Å²) >= 11 is 0. The number of fused-ring (bicyclic) bond motifs is 3. The van der Waals surface area contributed by atoms with E-state index in [1.807, 2.05) is 0 Å². The van der Waals surface area contributed by atoms with Gasteiger partial charge in [0, 0.05) is 17.6 Å². The molecule has 0 unspecified atom stereocenters. The molecule has 0 atom stereocenters. The number of aromatic nitrogens is 3. The topological polar surface area (TPSA) is 87.5 Å². The SMILES string of the molecule is O=C(O)c1ccc2nn3ccc(=O)[nH]c3c2c1. The molecule has 0 spiro atoms. The van der Waals surface area contributed by atoms with E-state index >= 15 is 0 Å². The number of benzene rings is 1. The first kappa shape index (κ1) is 9.59. The van der Waals surface area contributed by atoms with Crippen molar-refractivity contribution in [3.05, 3.63) is 46.4 Å². The van der Waals surface area contributed by atoms with Crippen molar-refractivity contribution < 1.29 is 9.90 Å². The molecule has 0 bridgehead atoms. The van der Waals surface area contributed by atoms with Crippen molar-refractivity contribution in [2.75, 3.05) is 0 Å². The van der Waals surface area contributed by atoms with Crippen molar-refractivity contribution in [2.45, 2.75) is 0 Å². The van der Waals surface area contributed by atoms with Gasteiger partial charge in [0.05, 0.1) is 11.1 Å². The molecule has 0 aliphatic rings. The second-order valence-corrected chi connectivity index (χ2v) is 3.64. The number of aromatic carboxylic acids is 1. The second kappa shape index (κ2) is 3.18. The zero-order valence-electron chi connectivity index (χ0n) is 8.54. The monoisotopic (exact) mass is 229 g/mol. The molecular weight excluding hydrogens is 222 g/mol. The third-order valence-corrected chi connectivity index (χ3v) is 2.55. The molecule has 1 aromatic carbocycles. The molecule has 0 saturated heterocycles. The molecule has 2 N–H and O–H groups in total. The van der Waals surface area contributed by atoms with Gasteiger partial charge >= 0.3 is 5.97 Å². The van der Waals surface area contributed by atoms with Gasteiger partial charge in [0.25, 0.3) is 5.56 Å². The van der Waals surface area contributed by atoms with Crippen LogP contribution in [0, 0.1) is 0 Å². The van der Waals surface area contributed by atoms with E-state index in [9.17, 15) is 9.59 Å². The van der Waals surface area contributed by atoms with E-state index in [0.29, 0.717) is 16.6 Å². The molecule has 2 heterocycles. The fourth-order valence-electron chi connectivity index (χ4n) is 1.76. The lowest BCUT2D eigenvalue weighted by molar-refractivity contribution is 0.0697. The van der Waals surface area contributed by atoms with E-state index in [-0.39, 0.29) is 11.1 Å². The zero-order valence-corrected chi connectivity index (χ0v) is 8.54. The van der Waals surface area contributed by atoms with Crippen molar-refractivity contribution in [3.63, 3.8) is 0 Å². The van der Waals surface area contributed by atoms with Gasteiger partial charge in [0.1, 0.15) is 5.65 Å². The maximum atomic E-state index is 11.2. The van der Waals surface area contributed by atoms with Crippen LogP contribution in [-0.4, -0.2) is 25.7 Å². The number of carboxylic acid groups (broad SMARTS) is 1. The number of H-pyrrole nitrogens is 1. The molecule has 0 saturated carbocycles. The summed E-state index contributed by atoms with van der Waals surface area (Å²) in [5.41, 5.74) is 1.05. The largest absolute Gasteiger partial charge is 0.478 e. The molecule has 3 rings (SSSR count). The number of nitrogens with zero attached hydrogens (tertiary/aromatic N) is 2. The molecule has 0 fully saturated rings. The number of hydrogen-bond acceptors (Lipinski definition) is 3. The van der Waals surface area contributed by atoms with Gasteiger partial charge in [-0.3, -0.25) is 4.79 Å². The molecule has 0 radical (unpaired) electrons. The van der Waals surface area contributed by atoms with Gasteiger partial charge in [-0.2, -0.15) is 5.10 Å². The minimum absolute atomic E-state index is 0.164. The Balaban J connectivity index is 2.47. The van der Waals surface area contributed by atoms with E-state index in [1.54, 1.807) is 6.07 Å². The first-order valence-electron chi connectivity index (χ1n) is 4.90. The average Bonchev–Trinajstić information content (AvgIpc) is 2.66. The highest BCUT2D eigenvalue weighted by Gasteiger charge is 2.09. The van der Waals surface area contributed by atoms with Gasteiger partial charge in [-0.1, -0.05) is 0 Å². The molecule has 0 aliphatic heterocycles. The lowest BCUT2D eigenvalue weighted by atomic mass is 10.1. The average molecular weight is 229 g/mol. The lowest BCUT2D eigenvalue weighted by Gasteiger charge is -1.93. The van der Waals surface area contributed by atoms with Crippen LogP contribution in [0.4, 0.5) is 0 Å². The number of nitrogens with one attached hydrogen (secondary N) is 1. The van der Waals surface area contributed by atoms with Crippen LogP contribution in [0.2, 0.25) is 0 Å². The number of carbonyl (C=O) groups is 1. The van der Waals surface area contributed by atoms with E-state index < -0.39 is 5.97 Å². The van der Waals surface area contributed by atoms with Crippen LogP contribution in [-0.2, 0) is 0 Å². The predicted octanol–water partition coefficient (Wildman–Crippen LogP) is 0.874. The first-order valence-corrected chi connectivity index (χ1v) is 4.90. The van der Waals surface area contributed by atoms with E-state index in [0.717, 1.165) is 0 Å². The summed E-state index contributed by atoms with van der Waals surface area (Å²) in [6.45, 7) is 0. The maximum absolute atomic E-state index is 11.2. The predicted molar refractivity (Wildman–Crippen MR) is 60.3 cm³/mol. The number of rotatable bonds is 1. The maximum Gasteiger partial charge on any atom is 0.335 e. The number of carboxylic acids is 1. The van der Waals surface area contributed by atoms with Crippen LogP contribution >= 0.6 is 0 Å². The highest BCUT2D eigenvalue weighted by Crippen LogP contribution is 2.18. The summed E-state index contributed by atoms with van der Waals surface area (Å²) in [4.78, 5) is 24.7. The van der Waals surface area contributed by atoms with Gasteiger partial charge < -0.3 is 10.1 Å². The van der Waals surface area contributed by atoms with Crippen LogP contribution in [0.1, 0.15) is 10.4 Å². The third-order valence-electron chi connectivity index (χ3n) is 2.55. The Kier molecular flexibility index (Phi) is 1.79. The molecule has 6 nitrogen and oxygen atoms in total. The molecule has 2 aromatic heterocycles. The third kappa shape index (κ3) is 1.38. The van der Waals surface area contributed by atoms with Crippen molar-refractivity contribution in [3.8, 4) is 0 Å². The lowest BCUT2D eigenvalue weighted by Crippen LogP contribution is -2.05. The Labute approximate surface area is 94.1 Å². The second-order valence-electron chi connectivity index (χ2n) is 3.64. The van der Waals surface area contributed by atoms with Crippen LogP contribution in [0.25, 0.3) is 16.6 Å². The molecule has 84 valence electrons. The summed E-state index contributed by atoms with van der Waals surface area (Å²) in [7, 11) is 0. The van der Waals surface area contributed by atoms with Gasteiger partial charge in [0.2, 0.25) is 0 Å². The molecule has 0 amide bonds. The Morgan fingerprint density at radius 1 is 1.35 bits per heavy atom. The molecule has 0 aliphatic carbocycles. The van der Waals surface area contributed by atoms with Crippen LogP contribution in [0.15, 0.2) is 35.3 Å². The van der Waals surface area contributed by atoms with Crippen molar-refractivity contribution >= 4 is 22.5 Å². The fraction of sp³-hybridized carbons (Fsp3) is 0. The van der Waals surface area contributed by atoms with E-state index in [2.05, 4.69) is 10.1 Å². The van der Waals surface area contributed by atoms with Crippen molar-refractivity contribution in [1.29, 1.82) is 0 Å². The normalized spacial score (nSPS) is 11.1. The van der Waals surface area contributed by atoms with Crippen LogP contribution in [0.3, 0.4) is 0 Å². The minimum atomic E-state index is -1.01. The Hall–Kier alpha value is -2.63. The van der Waals surface area contributed by atoms with Gasteiger partial charge in [-0.05, 0) is 18.2 Å². The summed E-state index contributed by atoms with van der Waals surface area (Å²) < 4.78 is 1.51. The molecule has 17 heavy (non-hydrogen) atoms. The fourth-order valence-corrected chi connectivity index (χ4v) is 1.76. The summed E-state index contributed by atoms with van der Waals surface area (Å²) in [5.74, 6) is -1.01. The number of aromatic amines is 1. The van der Waals surface area contributed by atoms with Crippen molar-refractivity contribution in [2.24, 2.45) is 0 Å². The Bertz CT molecular complexity index is 800. The van der Waals surface area contributed by atoms with Crippen LogP contribution < -0.4 is 5.56 Å². The van der Waals surface area contributed by atoms with E-state index in [4.69, 9.17) is 5.11 Å². The molecule has 6 heteroatoms. The summed E-state index contributed by atoms with van der Waals surface area (Å²) in [5, 5.41) is 13.7. The van der Waals surface area contributed by atoms with E-state index in [1.165, 1.54) is 28.9 Å². The number of hydrogen-bond donors (Lipinski definition) is 2. The van der Waals surface area contributed by atoms with Gasteiger partial charge in [0.15, 0.2) is 0 Å². The smallest absolute Gasteiger partial charge is 0.335 e. The zero-order chi connectivity index (χ0) is 12.0. The van der Waals surface area contributed by atoms with Gasteiger partial charge in [-0.15, -0.1) is 0 Å². The van der Waals surface area contributed by atoms with Crippen LogP contribution in [0.5, 0.6) is 0 Å². The molecule has 3 aromatic rings. The summed E-state index contributed by atoms with van der Waals surface area (Å²) in [6.07, 6.45) is 1.54. The highest BCUT2D eigenvalue weighted by molar-refractivity contribution is 5.98. The first-order chi connectivity index (χ1) is 8.15. The van der Waals surface area contributed by atoms with Crippen molar-refractivity contribution in [1.82, 2.24) is 14.6 Å². The minimum Gasteiger partial charge on any atom is -0.478 e.